The molecule has 3 N–H and O–H groups in total. The molecule has 3 aromatic rings. The number of nitrogens with one attached hydrogen (secondary N) is 1. The molecule has 2 fully saturated rings. The fourth-order valence-corrected chi connectivity index (χ4v) is 6.33. The molecule has 38 heavy (non-hydrogen) atoms. The van der Waals surface area contributed by atoms with Gasteiger partial charge < -0.3 is 20.4 Å². The van der Waals surface area contributed by atoms with E-state index in [0.717, 1.165) is 29.8 Å². The van der Waals surface area contributed by atoms with E-state index in [1.807, 2.05) is 43.4 Å². The molecule has 2 aromatic carbocycles. The van der Waals surface area contributed by atoms with Crippen molar-refractivity contribution in [3.05, 3.63) is 78.3 Å². The zero-order chi connectivity index (χ0) is 26.9. The number of amides is 1. The lowest BCUT2D eigenvalue weighted by molar-refractivity contribution is -0.123. The van der Waals surface area contributed by atoms with E-state index in [1.165, 1.54) is 10.6 Å². The van der Waals surface area contributed by atoms with Gasteiger partial charge in [0.25, 0.3) is 0 Å². The Balaban J connectivity index is 1.23. The lowest BCUT2D eigenvalue weighted by Gasteiger charge is -2.31. The first-order valence-electron chi connectivity index (χ1n) is 12.6. The highest BCUT2D eigenvalue weighted by Crippen LogP contribution is 2.51. The molecule has 2 aliphatic rings. The third-order valence-electron chi connectivity index (χ3n) is 7.45. The summed E-state index contributed by atoms with van der Waals surface area (Å²) in [6.45, 7) is 2.42. The molecule has 198 valence electrons. The first-order valence-corrected chi connectivity index (χ1v) is 14.1. The van der Waals surface area contributed by atoms with Gasteiger partial charge >= 0.3 is 0 Å². The van der Waals surface area contributed by atoms with Crippen molar-refractivity contribution in [2.75, 3.05) is 33.2 Å². The van der Waals surface area contributed by atoms with E-state index in [9.17, 15) is 18.5 Å². The van der Waals surface area contributed by atoms with Gasteiger partial charge in [0, 0.05) is 38.5 Å². The average Bonchev–Trinajstić information content (AvgIpc) is 3.40. The maximum Gasteiger partial charge on any atom is 0.243 e. The molecule has 0 spiro atoms. The van der Waals surface area contributed by atoms with Crippen molar-refractivity contribution in [1.29, 1.82) is 5.26 Å². The van der Waals surface area contributed by atoms with Crippen LogP contribution in [-0.2, 0) is 21.2 Å². The van der Waals surface area contributed by atoms with Crippen LogP contribution in [0.15, 0.2) is 76.2 Å². The third-order valence-corrected chi connectivity index (χ3v) is 9.36. The smallest absolute Gasteiger partial charge is 0.243 e. The van der Waals surface area contributed by atoms with Crippen molar-refractivity contribution >= 4 is 15.9 Å². The predicted octanol–water partition coefficient (Wildman–Crippen LogP) is 2.32. The minimum absolute atomic E-state index is 0.127. The number of carbonyl (C=O) groups is 1. The first kappa shape index (κ1) is 26.1. The van der Waals surface area contributed by atoms with E-state index in [2.05, 4.69) is 16.3 Å². The van der Waals surface area contributed by atoms with Crippen molar-refractivity contribution in [2.24, 2.45) is 5.73 Å². The summed E-state index contributed by atoms with van der Waals surface area (Å²) in [7, 11) is -1.52. The van der Waals surface area contributed by atoms with Crippen LogP contribution in [0, 0.1) is 11.3 Å². The number of sulfonamides is 1. The Morgan fingerprint density at radius 3 is 2.32 bits per heavy atom. The molecule has 0 radical (unpaired) electrons. The summed E-state index contributed by atoms with van der Waals surface area (Å²) in [5, 5.41) is 12.7. The summed E-state index contributed by atoms with van der Waals surface area (Å²) in [4.78, 5) is 15.0. The Bertz CT molecular complexity index is 1420. The molecule has 5 rings (SSSR count). The van der Waals surface area contributed by atoms with Gasteiger partial charge in [-0.1, -0.05) is 36.4 Å². The Kier molecular flexibility index (Phi) is 7.11. The molecule has 3 atom stereocenters. The zero-order valence-corrected chi connectivity index (χ0v) is 22.0. The molecule has 1 amide bonds. The number of nitriles is 1. The largest absolute Gasteiger partial charge is 0.469 e. The van der Waals surface area contributed by atoms with Gasteiger partial charge in [-0.05, 0) is 54.4 Å². The maximum absolute atomic E-state index is 13.0. The summed E-state index contributed by atoms with van der Waals surface area (Å²) in [6, 6.07) is 19.7. The Morgan fingerprint density at radius 1 is 1.11 bits per heavy atom. The first-order chi connectivity index (χ1) is 18.2. The SMILES string of the molecule is CN1CCN(S(=O)(=O)c2ccc(-c3ccc([C@@H]4C[C@]4(C#N)NC(=O)[C@@H](N)Cc4ccco4)cc3)cc2)CC1. The van der Waals surface area contributed by atoms with Gasteiger partial charge in [-0.25, -0.2) is 8.42 Å². The average molecular weight is 534 g/mol. The van der Waals surface area contributed by atoms with Gasteiger partial charge in [-0.15, -0.1) is 0 Å². The second-order valence-electron chi connectivity index (χ2n) is 10.1. The van der Waals surface area contributed by atoms with Gasteiger partial charge in [0.2, 0.25) is 15.9 Å². The molecule has 0 unspecified atom stereocenters. The number of hydrogen-bond acceptors (Lipinski definition) is 7. The number of benzene rings is 2. The van der Waals surface area contributed by atoms with E-state index in [4.69, 9.17) is 10.2 Å². The van der Waals surface area contributed by atoms with Gasteiger partial charge in [-0.2, -0.15) is 9.57 Å². The van der Waals surface area contributed by atoms with Crippen LogP contribution in [0.5, 0.6) is 0 Å². The second-order valence-corrected chi connectivity index (χ2v) is 12.0. The molecule has 10 heteroatoms. The molecular weight excluding hydrogens is 502 g/mol. The monoisotopic (exact) mass is 533 g/mol. The highest BCUT2D eigenvalue weighted by molar-refractivity contribution is 7.89. The topological polar surface area (TPSA) is 133 Å². The summed E-state index contributed by atoms with van der Waals surface area (Å²) >= 11 is 0. The quantitative estimate of drug-likeness (QED) is 0.454. The van der Waals surface area contributed by atoms with Crippen LogP contribution in [0.25, 0.3) is 11.1 Å². The lowest BCUT2D eigenvalue weighted by Crippen LogP contribution is -2.47. The van der Waals surface area contributed by atoms with Gasteiger partial charge in [-0.3, -0.25) is 4.79 Å². The Morgan fingerprint density at radius 2 is 1.74 bits per heavy atom. The third kappa shape index (κ3) is 5.24. The highest BCUT2D eigenvalue weighted by atomic mass is 32.2. The van der Waals surface area contributed by atoms with Gasteiger partial charge in [0.05, 0.1) is 23.3 Å². The fourth-order valence-electron chi connectivity index (χ4n) is 4.91. The van der Waals surface area contributed by atoms with Crippen LogP contribution in [0.1, 0.15) is 23.7 Å². The van der Waals surface area contributed by atoms with E-state index in [0.29, 0.717) is 30.2 Å². The molecule has 2 heterocycles. The molecule has 1 saturated heterocycles. The number of nitrogens with two attached hydrogens (primary N) is 1. The van der Waals surface area contributed by atoms with Crippen LogP contribution in [0.3, 0.4) is 0 Å². The van der Waals surface area contributed by atoms with Gasteiger partial charge in [0.15, 0.2) is 0 Å². The van der Waals surface area contributed by atoms with Crippen molar-refractivity contribution < 1.29 is 17.6 Å². The molecule has 1 aliphatic heterocycles. The van der Waals surface area contributed by atoms with Crippen LogP contribution < -0.4 is 11.1 Å². The number of rotatable bonds is 8. The van der Waals surface area contributed by atoms with Crippen molar-refractivity contribution in [1.82, 2.24) is 14.5 Å². The molecule has 0 bridgehead atoms. The minimum Gasteiger partial charge on any atom is -0.469 e. The van der Waals surface area contributed by atoms with E-state index in [1.54, 1.807) is 24.3 Å². The number of carbonyl (C=O) groups excluding carboxylic acids is 1. The van der Waals surface area contributed by atoms with E-state index < -0.39 is 21.6 Å². The Hall–Kier alpha value is -3.49. The van der Waals surface area contributed by atoms with Crippen LogP contribution >= 0.6 is 0 Å². The van der Waals surface area contributed by atoms with E-state index >= 15 is 0 Å². The van der Waals surface area contributed by atoms with Gasteiger partial charge in [0.1, 0.15) is 11.3 Å². The van der Waals surface area contributed by atoms with Crippen molar-refractivity contribution in [2.45, 2.75) is 35.2 Å². The predicted molar refractivity (Wildman–Crippen MR) is 142 cm³/mol. The number of furan rings is 1. The zero-order valence-electron chi connectivity index (χ0n) is 21.2. The maximum atomic E-state index is 13.0. The second kappa shape index (κ2) is 10.3. The number of hydrogen-bond donors (Lipinski definition) is 2. The highest BCUT2D eigenvalue weighted by Gasteiger charge is 2.57. The van der Waals surface area contributed by atoms with Crippen molar-refractivity contribution in [3.63, 3.8) is 0 Å². The molecule has 1 aromatic heterocycles. The molecular formula is C28H31N5O4S. The molecule has 1 saturated carbocycles. The van der Waals surface area contributed by atoms with E-state index in [-0.39, 0.29) is 18.2 Å². The van der Waals surface area contributed by atoms with Crippen LogP contribution in [0.4, 0.5) is 0 Å². The number of nitrogens with zero attached hydrogens (tertiary/aromatic N) is 3. The summed E-state index contributed by atoms with van der Waals surface area (Å²) in [5.41, 5.74) is 7.83. The van der Waals surface area contributed by atoms with Crippen molar-refractivity contribution in [3.8, 4) is 17.2 Å². The normalized spacial score (nSPS) is 22.9. The summed E-state index contributed by atoms with van der Waals surface area (Å²) in [5.74, 6) is 0.109. The summed E-state index contributed by atoms with van der Waals surface area (Å²) in [6.07, 6.45) is 2.30. The fraction of sp³-hybridized carbons (Fsp3) is 0.357. The number of likely N-dealkylation sites (N-methyl/N-ethyl adjacent to an activating group) is 1. The van der Waals surface area contributed by atoms with Crippen LogP contribution in [-0.4, -0.2) is 68.3 Å². The standard InChI is InChI=1S/C28H31N5O4S/c1-32-12-14-33(15-13-32)38(35,36)24-10-8-21(9-11-24)20-4-6-22(7-5-20)25-18-28(25,19-29)31-27(34)26(30)17-23-3-2-16-37-23/h2-11,16,25-26H,12-15,17-18,30H2,1H3,(H,31,34)/t25-,26-,28+/m0/s1. The minimum atomic E-state index is -3.51. The molecule has 1 aliphatic carbocycles. The number of piperazine rings is 1. The summed E-state index contributed by atoms with van der Waals surface area (Å²) < 4.78 is 32.8. The lowest BCUT2D eigenvalue weighted by atomic mass is 10.0. The Labute approximate surface area is 222 Å². The van der Waals surface area contributed by atoms with Crippen LogP contribution in [0.2, 0.25) is 0 Å². The molecule has 9 nitrogen and oxygen atoms in total.